The van der Waals surface area contributed by atoms with Gasteiger partial charge in [0.05, 0.1) is 31.2 Å². The Kier molecular flexibility index (Phi) is 5.29. The van der Waals surface area contributed by atoms with Crippen LogP contribution >= 0.6 is 0 Å². The molecule has 1 saturated heterocycles. The lowest BCUT2D eigenvalue weighted by atomic mass is 10.1. The molecule has 0 radical (unpaired) electrons. The van der Waals surface area contributed by atoms with Crippen LogP contribution in [0.1, 0.15) is 12.7 Å². The zero-order valence-corrected chi connectivity index (χ0v) is 16.5. The Morgan fingerprint density at radius 2 is 2.04 bits per heavy atom. The van der Waals surface area contributed by atoms with Gasteiger partial charge in [-0.15, -0.1) is 0 Å². The third kappa shape index (κ3) is 4.01. The van der Waals surface area contributed by atoms with Crippen molar-refractivity contribution in [1.29, 1.82) is 0 Å². The number of sulfonamides is 1. The minimum absolute atomic E-state index is 0.0195. The van der Waals surface area contributed by atoms with Crippen molar-refractivity contribution in [2.45, 2.75) is 13.5 Å². The van der Waals surface area contributed by atoms with E-state index in [9.17, 15) is 8.42 Å². The molecule has 2 N–H and O–H groups in total. The van der Waals surface area contributed by atoms with Gasteiger partial charge in [-0.3, -0.25) is 0 Å². The van der Waals surface area contributed by atoms with Gasteiger partial charge < -0.3 is 14.6 Å². The molecule has 0 aliphatic carbocycles. The Balaban J connectivity index is 1.76. The first-order valence-corrected chi connectivity index (χ1v) is 11.0. The fourth-order valence-corrected chi connectivity index (χ4v) is 3.79. The highest BCUT2D eigenvalue weighted by Crippen LogP contribution is 2.29. The third-order valence-corrected chi connectivity index (χ3v) is 6.14. The van der Waals surface area contributed by atoms with Crippen LogP contribution < -0.4 is 9.62 Å². The Bertz CT molecular complexity index is 1070. The number of ether oxygens (including phenoxy) is 1. The molecule has 2 aromatic heterocycles. The number of hydrogen-bond donors (Lipinski definition) is 2. The molecule has 9 heteroatoms. The standard InChI is InChI=1S/C19H23N5O3S/c1-2-28(25,26)21-13-18-22-17(12-19(23-18)24-8-10-27-11-9-24)14-4-3-5-16-15(14)6-7-20-16/h3-7,12,20-21H,2,8-11,13H2,1H3. The largest absolute Gasteiger partial charge is 0.378 e. The normalized spacial score (nSPS) is 15.2. The Morgan fingerprint density at radius 1 is 1.21 bits per heavy atom. The number of morpholine rings is 1. The maximum atomic E-state index is 11.9. The van der Waals surface area contributed by atoms with Gasteiger partial charge in [-0.2, -0.15) is 0 Å². The number of rotatable bonds is 6. The van der Waals surface area contributed by atoms with Crippen molar-refractivity contribution < 1.29 is 13.2 Å². The van der Waals surface area contributed by atoms with Crippen LogP contribution in [0.15, 0.2) is 36.5 Å². The summed E-state index contributed by atoms with van der Waals surface area (Å²) in [7, 11) is -3.33. The van der Waals surface area contributed by atoms with Crippen molar-refractivity contribution in [3.63, 3.8) is 0 Å². The quantitative estimate of drug-likeness (QED) is 0.654. The van der Waals surface area contributed by atoms with Crippen LogP contribution in [-0.4, -0.2) is 55.4 Å². The summed E-state index contributed by atoms with van der Waals surface area (Å²) in [5.41, 5.74) is 2.78. The second-order valence-electron chi connectivity index (χ2n) is 6.60. The van der Waals surface area contributed by atoms with Gasteiger partial charge >= 0.3 is 0 Å². The van der Waals surface area contributed by atoms with Gasteiger partial charge in [0.2, 0.25) is 10.0 Å². The summed E-state index contributed by atoms with van der Waals surface area (Å²) < 4.78 is 31.7. The van der Waals surface area contributed by atoms with Crippen LogP contribution in [0.2, 0.25) is 0 Å². The minimum Gasteiger partial charge on any atom is -0.378 e. The van der Waals surface area contributed by atoms with Gasteiger partial charge in [-0.25, -0.2) is 23.1 Å². The fourth-order valence-electron chi connectivity index (χ4n) is 3.24. The number of nitrogens with zero attached hydrogens (tertiary/aromatic N) is 3. The predicted octanol–water partition coefficient (Wildman–Crippen LogP) is 1.90. The minimum atomic E-state index is -3.33. The lowest BCUT2D eigenvalue weighted by molar-refractivity contribution is 0.122. The van der Waals surface area contributed by atoms with Crippen molar-refractivity contribution in [2.75, 3.05) is 37.0 Å². The van der Waals surface area contributed by atoms with E-state index in [0.717, 1.165) is 41.1 Å². The molecule has 1 aliphatic heterocycles. The van der Waals surface area contributed by atoms with Gasteiger partial charge in [0.1, 0.15) is 11.6 Å². The number of nitrogens with one attached hydrogen (secondary N) is 2. The second-order valence-corrected chi connectivity index (χ2v) is 8.69. The Morgan fingerprint density at radius 3 is 2.82 bits per heavy atom. The molecule has 3 aromatic rings. The van der Waals surface area contributed by atoms with Crippen molar-refractivity contribution in [3.05, 3.63) is 42.4 Å². The zero-order valence-electron chi connectivity index (χ0n) is 15.7. The van der Waals surface area contributed by atoms with E-state index in [2.05, 4.69) is 24.6 Å². The number of benzene rings is 1. The molecule has 1 fully saturated rings. The summed E-state index contributed by atoms with van der Waals surface area (Å²) in [5, 5.41) is 1.06. The molecule has 0 saturated carbocycles. The number of hydrogen-bond acceptors (Lipinski definition) is 6. The number of anilines is 1. The van der Waals surface area contributed by atoms with E-state index in [1.807, 2.05) is 36.5 Å². The third-order valence-electron chi connectivity index (χ3n) is 4.80. The van der Waals surface area contributed by atoms with Crippen LogP contribution in [-0.2, 0) is 21.3 Å². The highest BCUT2D eigenvalue weighted by molar-refractivity contribution is 7.89. The van der Waals surface area contributed by atoms with Crippen LogP contribution in [0.25, 0.3) is 22.2 Å². The molecule has 28 heavy (non-hydrogen) atoms. The molecule has 0 amide bonds. The van der Waals surface area contributed by atoms with Crippen LogP contribution in [0.3, 0.4) is 0 Å². The zero-order chi connectivity index (χ0) is 19.6. The van der Waals surface area contributed by atoms with E-state index in [1.165, 1.54) is 0 Å². The monoisotopic (exact) mass is 401 g/mol. The molecule has 1 aliphatic rings. The van der Waals surface area contributed by atoms with E-state index in [0.29, 0.717) is 19.0 Å². The van der Waals surface area contributed by atoms with Crippen LogP contribution in [0, 0.1) is 0 Å². The van der Waals surface area contributed by atoms with Crippen molar-refractivity contribution >= 4 is 26.7 Å². The molecule has 0 bridgehead atoms. The summed E-state index contributed by atoms with van der Waals surface area (Å²) in [4.78, 5) is 14.6. The van der Waals surface area contributed by atoms with E-state index in [-0.39, 0.29) is 12.3 Å². The predicted molar refractivity (Wildman–Crippen MR) is 109 cm³/mol. The number of aromatic nitrogens is 3. The average Bonchev–Trinajstić information content (AvgIpc) is 3.22. The summed E-state index contributed by atoms with van der Waals surface area (Å²) in [5.74, 6) is 1.25. The smallest absolute Gasteiger partial charge is 0.211 e. The lowest BCUT2D eigenvalue weighted by Crippen LogP contribution is -2.37. The van der Waals surface area contributed by atoms with Crippen LogP contribution in [0.4, 0.5) is 5.82 Å². The van der Waals surface area contributed by atoms with Gasteiger partial charge in [0.15, 0.2) is 0 Å². The lowest BCUT2D eigenvalue weighted by Gasteiger charge is -2.28. The molecular formula is C19H23N5O3S. The van der Waals surface area contributed by atoms with Crippen molar-refractivity contribution in [1.82, 2.24) is 19.7 Å². The van der Waals surface area contributed by atoms with E-state index < -0.39 is 10.0 Å². The Labute approximate surface area is 164 Å². The van der Waals surface area contributed by atoms with Crippen LogP contribution in [0.5, 0.6) is 0 Å². The topological polar surface area (TPSA) is 100 Å². The molecule has 4 rings (SSSR count). The van der Waals surface area contributed by atoms with Gasteiger partial charge in [-0.05, 0) is 19.1 Å². The van der Waals surface area contributed by atoms with E-state index >= 15 is 0 Å². The molecule has 148 valence electrons. The summed E-state index contributed by atoms with van der Waals surface area (Å²) >= 11 is 0. The molecule has 0 spiro atoms. The van der Waals surface area contributed by atoms with Gasteiger partial charge in [0, 0.05) is 41.8 Å². The average molecular weight is 401 g/mol. The molecule has 0 unspecified atom stereocenters. The van der Waals surface area contributed by atoms with Crippen molar-refractivity contribution in [3.8, 4) is 11.3 Å². The second kappa shape index (κ2) is 7.86. The SMILES string of the molecule is CCS(=O)(=O)NCc1nc(-c2cccc3[nH]ccc23)cc(N2CCOCC2)n1. The summed E-state index contributed by atoms with van der Waals surface area (Å²) in [6.07, 6.45) is 1.90. The number of H-pyrrole nitrogens is 1. The highest BCUT2D eigenvalue weighted by Gasteiger charge is 2.17. The van der Waals surface area contributed by atoms with Gasteiger partial charge in [-0.1, -0.05) is 12.1 Å². The van der Waals surface area contributed by atoms with Crippen molar-refractivity contribution in [2.24, 2.45) is 0 Å². The summed E-state index contributed by atoms with van der Waals surface area (Å²) in [6.45, 7) is 4.43. The van der Waals surface area contributed by atoms with E-state index in [1.54, 1.807) is 6.92 Å². The first kappa shape index (κ1) is 18.9. The maximum Gasteiger partial charge on any atom is 0.211 e. The maximum absolute atomic E-state index is 11.9. The van der Waals surface area contributed by atoms with Gasteiger partial charge in [0.25, 0.3) is 0 Å². The number of aromatic amines is 1. The molecule has 8 nitrogen and oxygen atoms in total. The molecular weight excluding hydrogens is 378 g/mol. The highest BCUT2D eigenvalue weighted by atomic mass is 32.2. The first-order valence-electron chi connectivity index (χ1n) is 9.30. The first-order chi connectivity index (χ1) is 13.6. The van der Waals surface area contributed by atoms with E-state index in [4.69, 9.17) is 4.74 Å². The molecule has 0 atom stereocenters. The molecule has 1 aromatic carbocycles. The Hall–Kier alpha value is -2.49. The number of fused-ring (bicyclic) bond motifs is 1. The summed E-state index contributed by atoms with van der Waals surface area (Å²) in [6, 6.07) is 9.98. The fraction of sp³-hybridized carbons (Fsp3) is 0.368. The molecule has 3 heterocycles.